The number of ether oxygens (including phenoxy) is 1. The zero-order chi connectivity index (χ0) is 10.4. The number of nitrogens with two attached hydrogens (primary N) is 1. The van der Waals surface area contributed by atoms with Crippen molar-refractivity contribution in [2.24, 2.45) is 5.73 Å². The largest absolute Gasteiger partial charge is 0.450 e. The lowest BCUT2D eigenvalue weighted by molar-refractivity contribution is 0.111. The van der Waals surface area contributed by atoms with Gasteiger partial charge >= 0.3 is 6.09 Å². The summed E-state index contributed by atoms with van der Waals surface area (Å²) in [6.45, 7) is 0.130. The maximum atomic E-state index is 10.2. The van der Waals surface area contributed by atoms with Crippen molar-refractivity contribution >= 4 is 6.09 Å². The van der Waals surface area contributed by atoms with Crippen LogP contribution in [0.3, 0.4) is 0 Å². The third kappa shape index (κ3) is 3.45. The van der Waals surface area contributed by atoms with Crippen molar-refractivity contribution in [2.75, 3.05) is 6.61 Å². The second-order valence-electron chi connectivity index (χ2n) is 2.88. The van der Waals surface area contributed by atoms with Gasteiger partial charge in [0, 0.05) is 6.42 Å². The molecule has 0 saturated carbocycles. The summed E-state index contributed by atoms with van der Waals surface area (Å²) < 4.78 is 4.51. The summed E-state index contributed by atoms with van der Waals surface area (Å²) in [6, 6.07) is 9.18. The number of aliphatic hydroxyl groups excluding tert-OH is 1. The molecule has 1 atom stereocenters. The molecule has 0 aromatic heterocycles. The monoisotopic (exact) mass is 195 g/mol. The lowest BCUT2D eigenvalue weighted by Crippen LogP contribution is -2.15. The Morgan fingerprint density at radius 2 is 2.07 bits per heavy atom. The molecule has 0 spiro atoms. The molecule has 0 bridgehead atoms. The number of rotatable bonds is 4. The van der Waals surface area contributed by atoms with Crippen molar-refractivity contribution in [2.45, 2.75) is 12.5 Å². The normalized spacial score (nSPS) is 12.1. The van der Waals surface area contributed by atoms with Gasteiger partial charge in [0.15, 0.2) is 0 Å². The molecule has 0 aliphatic heterocycles. The van der Waals surface area contributed by atoms with Crippen molar-refractivity contribution in [1.82, 2.24) is 0 Å². The smallest absolute Gasteiger partial charge is 0.404 e. The molecule has 14 heavy (non-hydrogen) atoms. The predicted molar refractivity (Wildman–Crippen MR) is 51.6 cm³/mol. The average Bonchev–Trinajstić information content (AvgIpc) is 2.18. The molecule has 1 aromatic carbocycles. The lowest BCUT2D eigenvalue weighted by Gasteiger charge is -2.09. The summed E-state index contributed by atoms with van der Waals surface area (Å²) in [6.07, 6.45) is -1.08. The van der Waals surface area contributed by atoms with Crippen LogP contribution < -0.4 is 5.73 Å². The van der Waals surface area contributed by atoms with Gasteiger partial charge in [-0.2, -0.15) is 0 Å². The van der Waals surface area contributed by atoms with E-state index in [1.807, 2.05) is 30.3 Å². The number of hydrogen-bond donors (Lipinski definition) is 2. The van der Waals surface area contributed by atoms with Crippen LogP contribution in [-0.4, -0.2) is 17.8 Å². The van der Waals surface area contributed by atoms with Gasteiger partial charge in [-0.05, 0) is 5.56 Å². The van der Waals surface area contributed by atoms with Crippen LogP contribution in [0.1, 0.15) is 18.1 Å². The zero-order valence-electron chi connectivity index (χ0n) is 7.72. The SMILES string of the molecule is NC(=O)OCC[C@H](O)c1ccccc1. The summed E-state index contributed by atoms with van der Waals surface area (Å²) in [5.74, 6) is 0. The highest BCUT2D eigenvalue weighted by Crippen LogP contribution is 2.15. The second-order valence-corrected chi connectivity index (χ2v) is 2.88. The maximum absolute atomic E-state index is 10.2. The lowest BCUT2D eigenvalue weighted by atomic mass is 10.1. The van der Waals surface area contributed by atoms with Gasteiger partial charge in [-0.1, -0.05) is 30.3 Å². The third-order valence-corrected chi connectivity index (χ3v) is 1.82. The minimum atomic E-state index is -0.815. The van der Waals surface area contributed by atoms with E-state index in [0.29, 0.717) is 6.42 Å². The Morgan fingerprint density at radius 3 is 2.64 bits per heavy atom. The highest BCUT2D eigenvalue weighted by Gasteiger charge is 2.06. The predicted octanol–water partition coefficient (Wildman–Crippen LogP) is 1.21. The molecule has 1 aromatic rings. The Kier molecular flexibility index (Phi) is 3.94. The molecule has 4 heteroatoms. The molecule has 76 valence electrons. The van der Waals surface area contributed by atoms with Crippen LogP contribution in [0.2, 0.25) is 0 Å². The molecule has 0 unspecified atom stereocenters. The van der Waals surface area contributed by atoms with Gasteiger partial charge in [-0.15, -0.1) is 0 Å². The Balaban J connectivity index is 2.36. The molecule has 1 rings (SSSR count). The maximum Gasteiger partial charge on any atom is 0.404 e. The van der Waals surface area contributed by atoms with Gasteiger partial charge in [0.2, 0.25) is 0 Å². The van der Waals surface area contributed by atoms with Crippen LogP contribution in [0, 0.1) is 0 Å². The number of benzene rings is 1. The van der Waals surface area contributed by atoms with Crippen LogP contribution in [0.15, 0.2) is 30.3 Å². The number of primary amides is 1. The van der Waals surface area contributed by atoms with Gasteiger partial charge < -0.3 is 15.6 Å². The van der Waals surface area contributed by atoms with Gasteiger partial charge in [0.1, 0.15) is 0 Å². The molecule has 0 aliphatic rings. The topological polar surface area (TPSA) is 72.6 Å². The van der Waals surface area contributed by atoms with Crippen LogP contribution >= 0.6 is 0 Å². The first kappa shape index (κ1) is 10.5. The molecule has 0 radical (unpaired) electrons. The minimum Gasteiger partial charge on any atom is -0.450 e. The number of hydrogen-bond acceptors (Lipinski definition) is 3. The van der Waals surface area contributed by atoms with E-state index in [-0.39, 0.29) is 6.61 Å². The molecular weight excluding hydrogens is 182 g/mol. The molecule has 0 saturated heterocycles. The van der Waals surface area contributed by atoms with E-state index >= 15 is 0 Å². The standard InChI is InChI=1S/C10H13NO3/c11-10(13)14-7-6-9(12)8-4-2-1-3-5-8/h1-5,9,12H,6-7H2,(H2,11,13)/t9-/m0/s1. The van der Waals surface area contributed by atoms with Crippen LogP contribution in [0.5, 0.6) is 0 Å². The first-order valence-corrected chi connectivity index (χ1v) is 4.35. The zero-order valence-corrected chi connectivity index (χ0v) is 7.72. The second kappa shape index (κ2) is 5.24. The van der Waals surface area contributed by atoms with Crippen LogP contribution in [0.25, 0.3) is 0 Å². The minimum absolute atomic E-state index is 0.130. The summed E-state index contributed by atoms with van der Waals surface area (Å²) in [4.78, 5) is 10.2. The van der Waals surface area contributed by atoms with E-state index in [1.165, 1.54) is 0 Å². The number of carbonyl (C=O) groups is 1. The van der Waals surface area contributed by atoms with Crippen molar-refractivity contribution in [3.05, 3.63) is 35.9 Å². The highest BCUT2D eigenvalue weighted by molar-refractivity contribution is 5.64. The fourth-order valence-electron chi connectivity index (χ4n) is 1.11. The van der Waals surface area contributed by atoms with Gasteiger partial charge in [0.25, 0.3) is 0 Å². The number of carbonyl (C=O) groups excluding carboxylic acids is 1. The molecule has 0 heterocycles. The molecule has 0 fully saturated rings. The fourth-order valence-corrected chi connectivity index (χ4v) is 1.11. The van der Waals surface area contributed by atoms with Gasteiger partial charge in [-0.25, -0.2) is 4.79 Å². The first-order valence-electron chi connectivity index (χ1n) is 4.35. The van der Waals surface area contributed by atoms with Crippen molar-refractivity contribution in [3.8, 4) is 0 Å². The average molecular weight is 195 g/mol. The Labute approximate surface area is 82.3 Å². The van der Waals surface area contributed by atoms with E-state index in [2.05, 4.69) is 4.74 Å². The summed E-state index contributed by atoms with van der Waals surface area (Å²) in [7, 11) is 0. The van der Waals surface area contributed by atoms with Crippen molar-refractivity contribution < 1.29 is 14.6 Å². The van der Waals surface area contributed by atoms with Crippen LogP contribution in [0.4, 0.5) is 4.79 Å². The van der Waals surface area contributed by atoms with Crippen molar-refractivity contribution in [1.29, 1.82) is 0 Å². The molecule has 1 amide bonds. The molecule has 4 nitrogen and oxygen atoms in total. The van der Waals surface area contributed by atoms with E-state index in [0.717, 1.165) is 5.56 Å². The Morgan fingerprint density at radius 1 is 1.43 bits per heavy atom. The van der Waals surface area contributed by atoms with E-state index in [1.54, 1.807) is 0 Å². The molecule has 3 N–H and O–H groups in total. The van der Waals surface area contributed by atoms with E-state index in [4.69, 9.17) is 5.73 Å². The van der Waals surface area contributed by atoms with E-state index < -0.39 is 12.2 Å². The number of aliphatic hydroxyl groups is 1. The third-order valence-electron chi connectivity index (χ3n) is 1.82. The molecule has 0 aliphatic carbocycles. The fraction of sp³-hybridized carbons (Fsp3) is 0.300. The van der Waals surface area contributed by atoms with Gasteiger partial charge in [0.05, 0.1) is 12.7 Å². The molecular formula is C10H13NO3. The Hall–Kier alpha value is -1.55. The highest BCUT2D eigenvalue weighted by atomic mass is 16.5. The summed E-state index contributed by atoms with van der Waals surface area (Å²) >= 11 is 0. The Bertz CT molecular complexity index is 287. The van der Waals surface area contributed by atoms with Crippen LogP contribution in [-0.2, 0) is 4.74 Å². The first-order chi connectivity index (χ1) is 6.70. The summed E-state index contributed by atoms with van der Waals surface area (Å²) in [5, 5.41) is 9.60. The number of amides is 1. The summed E-state index contributed by atoms with van der Waals surface area (Å²) in [5.41, 5.74) is 5.58. The van der Waals surface area contributed by atoms with Crippen molar-refractivity contribution in [3.63, 3.8) is 0 Å². The van der Waals surface area contributed by atoms with E-state index in [9.17, 15) is 9.90 Å². The quantitative estimate of drug-likeness (QED) is 0.758. The van der Waals surface area contributed by atoms with Gasteiger partial charge in [-0.3, -0.25) is 0 Å².